The van der Waals surface area contributed by atoms with Crippen molar-refractivity contribution in [2.45, 2.75) is 32.1 Å². The third-order valence-electron chi connectivity index (χ3n) is 12.8. The van der Waals surface area contributed by atoms with Gasteiger partial charge in [0.1, 0.15) is 11.2 Å². The summed E-state index contributed by atoms with van der Waals surface area (Å²) in [7, 11) is 0. The zero-order valence-corrected chi connectivity index (χ0v) is 31.5. The van der Waals surface area contributed by atoms with Gasteiger partial charge in [-0.2, -0.15) is 0 Å². The summed E-state index contributed by atoms with van der Waals surface area (Å²) in [5.74, 6) is 0. The summed E-state index contributed by atoms with van der Waals surface area (Å²) in [6.07, 6.45) is 7.05. The molecule has 0 radical (unpaired) electrons. The molecule has 0 unspecified atom stereocenters. The minimum atomic E-state index is -0.203. The Kier molecular flexibility index (Phi) is 6.58. The fourth-order valence-corrected chi connectivity index (χ4v) is 10.3. The molecule has 0 saturated carbocycles. The van der Waals surface area contributed by atoms with Crippen molar-refractivity contribution in [3.05, 3.63) is 179 Å². The summed E-state index contributed by atoms with van der Waals surface area (Å²) in [6, 6.07) is 58.4. The van der Waals surface area contributed by atoms with E-state index in [1.807, 2.05) is 0 Å². The fourth-order valence-electron chi connectivity index (χ4n) is 10.3. The maximum Gasteiger partial charge on any atom is 0.144 e. The zero-order chi connectivity index (χ0) is 37.1. The van der Waals surface area contributed by atoms with E-state index in [-0.39, 0.29) is 5.41 Å². The van der Waals surface area contributed by atoms with Crippen molar-refractivity contribution in [2.75, 3.05) is 0 Å². The molecule has 0 aliphatic heterocycles. The van der Waals surface area contributed by atoms with Gasteiger partial charge in [-0.25, -0.2) is 0 Å². The highest BCUT2D eigenvalue weighted by Gasteiger charge is 2.40. The van der Waals surface area contributed by atoms with Gasteiger partial charge in [0.25, 0.3) is 0 Å². The van der Waals surface area contributed by atoms with E-state index in [0.717, 1.165) is 24.0 Å². The molecule has 1 nitrogen and oxygen atoms in total. The van der Waals surface area contributed by atoms with Crippen LogP contribution in [0.1, 0.15) is 37.8 Å². The summed E-state index contributed by atoms with van der Waals surface area (Å²) >= 11 is 0. The third-order valence-corrected chi connectivity index (χ3v) is 12.8. The molecule has 2 aliphatic carbocycles. The molecule has 0 saturated heterocycles. The van der Waals surface area contributed by atoms with Crippen LogP contribution in [-0.2, 0) is 5.41 Å². The minimum Gasteiger partial charge on any atom is -0.455 e. The van der Waals surface area contributed by atoms with Crippen LogP contribution in [0.15, 0.2) is 162 Å². The van der Waals surface area contributed by atoms with Crippen LogP contribution in [0, 0.1) is 0 Å². The highest BCUT2D eigenvalue weighted by atomic mass is 16.3. The van der Waals surface area contributed by atoms with Crippen LogP contribution in [0.3, 0.4) is 0 Å². The Labute approximate surface area is 325 Å². The standard InChI is InChI=1S/C55H38O/c1-55(2)47-32-37(28-29-45(47)52-53(55)44-21-11-10-20-43(44)51-46-22-12-13-23-48(46)56-54(51)52)35-24-25-36-31-38(27-26-34(36)30-35)50-41-18-8-6-16-39(41)49(33-14-4-3-5-15-33)40-17-7-9-19-42(40)50/h3-6,8,10-32H,7,9H2,1-2H3. The molecule has 0 spiro atoms. The van der Waals surface area contributed by atoms with E-state index in [4.69, 9.17) is 4.42 Å². The van der Waals surface area contributed by atoms with Crippen LogP contribution < -0.4 is 10.4 Å². The lowest BCUT2D eigenvalue weighted by Crippen LogP contribution is -2.31. The molecule has 10 aromatic rings. The van der Waals surface area contributed by atoms with Crippen LogP contribution in [0.25, 0.3) is 111 Å². The average molecular weight is 715 g/mol. The van der Waals surface area contributed by atoms with Crippen molar-refractivity contribution >= 4 is 66.4 Å². The summed E-state index contributed by atoms with van der Waals surface area (Å²) in [5, 5.41) is 12.8. The maximum atomic E-state index is 6.73. The van der Waals surface area contributed by atoms with Crippen LogP contribution in [0.4, 0.5) is 0 Å². The highest BCUT2D eigenvalue weighted by Crippen LogP contribution is 2.56. The van der Waals surface area contributed by atoms with E-state index in [1.54, 1.807) is 0 Å². The predicted molar refractivity (Wildman–Crippen MR) is 238 cm³/mol. The molecule has 1 heterocycles. The van der Waals surface area contributed by atoms with Gasteiger partial charge in [-0.15, -0.1) is 0 Å². The van der Waals surface area contributed by atoms with E-state index in [9.17, 15) is 0 Å². The number of fused-ring (bicyclic) bond motifs is 13. The molecule has 56 heavy (non-hydrogen) atoms. The number of hydrogen-bond acceptors (Lipinski definition) is 1. The Balaban J connectivity index is 0.998. The van der Waals surface area contributed by atoms with Crippen LogP contribution in [-0.4, -0.2) is 0 Å². The summed E-state index contributed by atoms with van der Waals surface area (Å²) < 4.78 is 6.73. The minimum absolute atomic E-state index is 0.203. The second kappa shape index (κ2) is 11.7. The quantitative estimate of drug-likeness (QED) is 0.178. The lowest BCUT2D eigenvalue weighted by Gasteiger charge is -2.24. The Bertz CT molecular complexity index is 3430. The molecule has 264 valence electrons. The molecule has 12 rings (SSSR count). The van der Waals surface area contributed by atoms with E-state index in [0.29, 0.717) is 0 Å². The van der Waals surface area contributed by atoms with Gasteiger partial charge in [-0.3, -0.25) is 0 Å². The van der Waals surface area contributed by atoms with Crippen molar-refractivity contribution in [1.82, 2.24) is 0 Å². The average Bonchev–Trinajstić information content (AvgIpc) is 3.75. The van der Waals surface area contributed by atoms with E-state index < -0.39 is 0 Å². The first-order chi connectivity index (χ1) is 27.5. The van der Waals surface area contributed by atoms with Crippen molar-refractivity contribution in [1.29, 1.82) is 0 Å². The molecule has 1 heteroatoms. The van der Waals surface area contributed by atoms with Crippen molar-refractivity contribution in [2.24, 2.45) is 0 Å². The molecule has 0 fully saturated rings. The number of rotatable bonds is 3. The van der Waals surface area contributed by atoms with Crippen LogP contribution in [0.2, 0.25) is 0 Å². The van der Waals surface area contributed by atoms with Gasteiger partial charge in [0.15, 0.2) is 0 Å². The topological polar surface area (TPSA) is 13.1 Å². The molecule has 1 aromatic heterocycles. The van der Waals surface area contributed by atoms with Crippen molar-refractivity contribution in [3.63, 3.8) is 0 Å². The van der Waals surface area contributed by atoms with Crippen molar-refractivity contribution < 1.29 is 4.42 Å². The van der Waals surface area contributed by atoms with Gasteiger partial charge in [0.05, 0.1) is 0 Å². The largest absolute Gasteiger partial charge is 0.455 e. The molecule has 0 atom stereocenters. The van der Waals surface area contributed by atoms with E-state index in [2.05, 4.69) is 184 Å². The Hall–Kier alpha value is -6.70. The first-order valence-electron chi connectivity index (χ1n) is 19.9. The Morgan fingerprint density at radius 3 is 1.73 bits per heavy atom. The molecular weight excluding hydrogens is 677 g/mol. The second-order valence-electron chi connectivity index (χ2n) is 16.2. The van der Waals surface area contributed by atoms with Crippen LogP contribution >= 0.6 is 0 Å². The lowest BCUT2D eigenvalue weighted by molar-refractivity contribution is 0.658. The molecule has 0 N–H and O–H groups in total. The molecular formula is C55H38O. The maximum absolute atomic E-state index is 6.73. The summed E-state index contributed by atoms with van der Waals surface area (Å²) in [6.45, 7) is 4.77. The first kappa shape index (κ1) is 31.6. The molecule has 9 aromatic carbocycles. The van der Waals surface area contributed by atoms with Gasteiger partial charge >= 0.3 is 0 Å². The van der Waals surface area contributed by atoms with Gasteiger partial charge < -0.3 is 4.42 Å². The molecule has 0 bridgehead atoms. The summed E-state index contributed by atoms with van der Waals surface area (Å²) in [5.41, 5.74) is 14.7. The monoisotopic (exact) mass is 714 g/mol. The fraction of sp³-hybridized carbons (Fsp3) is 0.0909. The molecule has 2 aliphatic rings. The summed E-state index contributed by atoms with van der Waals surface area (Å²) in [4.78, 5) is 0. The van der Waals surface area contributed by atoms with Crippen molar-refractivity contribution in [3.8, 4) is 44.5 Å². The predicted octanol–water partition coefficient (Wildman–Crippen LogP) is 13.7. The number of para-hydroxylation sites is 1. The highest BCUT2D eigenvalue weighted by molar-refractivity contribution is 6.25. The number of hydrogen-bond donors (Lipinski definition) is 0. The zero-order valence-electron chi connectivity index (χ0n) is 31.5. The van der Waals surface area contributed by atoms with E-state index >= 15 is 0 Å². The smallest absolute Gasteiger partial charge is 0.144 e. The lowest BCUT2D eigenvalue weighted by atomic mass is 9.79. The molecule has 0 amide bonds. The third kappa shape index (κ3) is 4.37. The van der Waals surface area contributed by atoms with Gasteiger partial charge in [-0.05, 0) is 130 Å². The van der Waals surface area contributed by atoms with E-state index in [1.165, 1.54) is 109 Å². The van der Waals surface area contributed by atoms with Gasteiger partial charge in [0.2, 0.25) is 0 Å². The van der Waals surface area contributed by atoms with Gasteiger partial charge in [-0.1, -0.05) is 159 Å². The SMILES string of the molecule is CC1(C)c2cc(-c3ccc4cc(-c5c6c(c(-c7ccccc7)c7ccccc57)=CCCC=6)ccc4c3)ccc2-c2c1c1ccccc1c1c2oc2ccccc21. The second-order valence-corrected chi connectivity index (χ2v) is 16.2. The van der Waals surface area contributed by atoms with Gasteiger partial charge in [0, 0.05) is 21.8 Å². The first-order valence-corrected chi connectivity index (χ1v) is 19.9. The Morgan fingerprint density at radius 2 is 1.00 bits per heavy atom. The van der Waals surface area contributed by atoms with Crippen LogP contribution in [0.5, 0.6) is 0 Å². The number of benzene rings is 9. The normalized spacial score (nSPS) is 14.2. The number of furan rings is 1. The Morgan fingerprint density at radius 1 is 0.446 bits per heavy atom.